The molecule has 1 nitrogen and oxygen atoms in total. The van der Waals surface area contributed by atoms with Gasteiger partial charge >= 0.3 is 0 Å². The molecule has 2 aromatic carbocycles. The van der Waals surface area contributed by atoms with Crippen LogP contribution < -0.4 is 0 Å². The van der Waals surface area contributed by atoms with Crippen LogP contribution in [0.15, 0.2) is 78.1 Å². The fourth-order valence-electron chi connectivity index (χ4n) is 2.68. The van der Waals surface area contributed by atoms with Gasteiger partial charge in [0.1, 0.15) is 5.76 Å². The average molecular weight is 337 g/mol. The second kappa shape index (κ2) is 8.71. The van der Waals surface area contributed by atoms with Gasteiger partial charge in [-0.2, -0.15) is 0 Å². The molecule has 0 spiro atoms. The Labute approximate surface area is 153 Å². The van der Waals surface area contributed by atoms with E-state index in [2.05, 4.69) is 77.3 Å². The van der Waals surface area contributed by atoms with Gasteiger partial charge in [-0.3, -0.25) is 0 Å². The van der Waals surface area contributed by atoms with E-state index in [1.54, 1.807) is 0 Å². The normalized spacial score (nSPS) is 12.1. The van der Waals surface area contributed by atoms with Crippen LogP contribution in [0.5, 0.6) is 0 Å². The number of aliphatic hydroxyl groups excluding tert-OH is 1. The number of rotatable bonds is 4. The Morgan fingerprint density at radius 2 is 1.44 bits per heavy atom. The van der Waals surface area contributed by atoms with Gasteiger partial charge in [-0.25, -0.2) is 0 Å². The van der Waals surface area contributed by atoms with Crippen LogP contribution >= 0.6 is 0 Å². The molecule has 0 aliphatic rings. The maximum Gasteiger partial charge on any atom is 0.115 e. The van der Waals surface area contributed by atoms with Gasteiger partial charge in [0, 0.05) is 5.57 Å². The Hall–Kier alpha value is -2.28. The summed E-state index contributed by atoms with van der Waals surface area (Å²) in [6.07, 6.45) is 0.781. The Kier molecular flexibility index (Phi) is 7.23. The summed E-state index contributed by atoms with van der Waals surface area (Å²) in [4.78, 5) is 0. The molecular formula is C24H32O. The van der Waals surface area contributed by atoms with Crippen molar-refractivity contribution in [3.05, 3.63) is 83.7 Å². The zero-order valence-electron chi connectivity index (χ0n) is 16.6. The SMILES string of the molecule is C=C(C)/C(C(=C)O)=C(/C)Cc1cccc2ccccc12.CC(C)(C)C. The quantitative estimate of drug-likeness (QED) is 0.455. The zero-order valence-corrected chi connectivity index (χ0v) is 16.6. The third kappa shape index (κ3) is 7.01. The minimum atomic E-state index is 0.0928. The minimum Gasteiger partial charge on any atom is -0.508 e. The number of benzene rings is 2. The average Bonchev–Trinajstić information content (AvgIpc) is 2.45. The maximum absolute atomic E-state index is 9.73. The van der Waals surface area contributed by atoms with Crippen molar-refractivity contribution >= 4 is 10.8 Å². The highest BCUT2D eigenvalue weighted by Gasteiger charge is 2.09. The first kappa shape index (κ1) is 20.8. The topological polar surface area (TPSA) is 20.2 Å². The molecule has 1 N–H and O–H groups in total. The molecule has 0 fully saturated rings. The molecule has 0 saturated heterocycles. The first-order valence-electron chi connectivity index (χ1n) is 8.71. The van der Waals surface area contributed by atoms with Gasteiger partial charge in [0.05, 0.1) is 0 Å². The van der Waals surface area contributed by atoms with Gasteiger partial charge in [-0.15, -0.1) is 0 Å². The Balaban J connectivity index is 0.000000550. The largest absolute Gasteiger partial charge is 0.508 e. The number of hydrogen-bond acceptors (Lipinski definition) is 1. The Morgan fingerprint density at radius 3 is 1.96 bits per heavy atom. The van der Waals surface area contributed by atoms with Crippen LogP contribution in [0.1, 0.15) is 47.1 Å². The third-order valence-electron chi connectivity index (χ3n) is 3.48. The van der Waals surface area contributed by atoms with E-state index in [4.69, 9.17) is 0 Å². The van der Waals surface area contributed by atoms with Crippen molar-refractivity contribution in [2.45, 2.75) is 48.0 Å². The molecular weight excluding hydrogens is 304 g/mol. The summed E-state index contributed by atoms with van der Waals surface area (Å²) in [5, 5.41) is 12.2. The lowest BCUT2D eigenvalue weighted by Gasteiger charge is -2.13. The monoisotopic (exact) mass is 336 g/mol. The summed E-state index contributed by atoms with van der Waals surface area (Å²) in [5.74, 6) is 0.0928. The molecule has 0 heterocycles. The molecule has 0 bridgehead atoms. The number of aliphatic hydroxyl groups is 1. The molecule has 0 saturated carbocycles. The molecule has 134 valence electrons. The van der Waals surface area contributed by atoms with E-state index in [0.29, 0.717) is 5.41 Å². The molecule has 2 rings (SSSR count). The molecule has 0 aromatic heterocycles. The Morgan fingerprint density at radius 1 is 0.920 bits per heavy atom. The highest BCUT2D eigenvalue weighted by Crippen LogP contribution is 2.25. The van der Waals surface area contributed by atoms with Gasteiger partial charge in [-0.1, -0.05) is 88.9 Å². The van der Waals surface area contributed by atoms with Crippen molar-refractivity contribution in [2.75, 3.05) is 0 Å². The number of allylic oxidation sites excluding steroid dienone is 2. The first-order valence-corrected chi connectivity index (χ1v) is 8.71. The van der Waals surface area contributed by atoms with Gasteiger partial charge in [0.2, 0.25) is 0 Å². The summed E-state index contributed by atoms with van der Waals surface area (Å²) < 4.78 is 0. The fraction of sp³-hybridized carbons (Fsp3) is 0.333. The van der Waals surface area contributed by atoms with E-state index < -0.39 is 0 Å². The van der Waals surface area contributed by atoms with Crippen molar-refractivity contribution in [1.82, 2.24) is 0 Å². The summed E-state index contributed by atoms with van der Waals surface area (Å²) >= 11 is 0. The van der Waals surface area contributed by atoms with Crippen molar-refractivity contribution in [1.29, 1.82) is 0 Å². The number of fused-ring (bicyclic) bond motifs is 1. The van der Waals surface area contributed by atoms with Crippen LogP contribution in [0.4, 0.5) is 0 Å². The predicted octanol–water partition coefficient (Wildman–Crippen LogP) is 7.40. The van der Waals surface area contributed by atoms with Gasteiger partial charge in [-0.05, 0) is 47.6 Å². The maximum atomic E-state index is 9.73. The van der Waals surface area contributed by atoms with E-state index >= 15 is 0 Å². The van der Waals surface area contributed by atoms with Crippen molar-refractivity contribution in [3.63, 3.8) is 0 Å². The lowest BCUT2D eigenvalue weighted by molar-refractivity contribution is 0.426. The van der Waals surface area contributed by atoms with E-state index in [0.717, 1.165) is 23.1 Å². The van der Waals surface area contributed by atoms with Crippen LogP contribution in [-0.4, -0.2) is 5.11 Å². The Bertz CT molecular complexity index is 758. The fourth-order valence-corrected chi connectivity index (χ4v) is 2.68. The molecule has 0 amide bonds. The van der Waals surface area contributed by atoms with Crippen LogP contribution in [0.3, 0.4) is 0 Å². The second-order valence-electron chi connectivity index (χ2n) is 8.20. The van der Waals surface area contributed by atoms with Gasteiger partial charge < -0.3 is 5.11 Å². The molecule has 25 heavy (non-hydrogen) atoms. The standard InChI is InChI=1S/C19H20O.C5H12/c1-13(2)19(15(4)20)14(3)12-17-10-7-9-16-8-5-6-11-18(16)17;1-5(2,3)4/h5-11,20H,1,4,12H2,2-3H3;1-4H3/b19-14+;. The van der Waals surface area contributed by atoms with Crippen LogP contribution in [-0.2, 0) is 6.42 Å². The van der Waals surface area contributed by atoms with Crippen molar-refractivity contribution in [3.8, 4) is 0 Å². The van der Waals surface area contributed by atoms with Crippen molar-refractivity contribution in [2.24, 2.45) is 5.41 Å². The lowest BCUT2D eigenvalue weighted by Crippen LogP contribution is -1.97. The van der Waals surface area contributed by atoms with Gasteiger partial charge in [0.25, 0.3) is 0 Å². The molecule has 0 aliphatic carbocycles. The molecule has 0 radical (unpaired) electrons. The van der Waals surface area contributed by atoms with E-state index in [1.165, 1.54) is 16.3 Å². The van der Waals surface area contributed by atoms with Crippen LogP contribution in [0.2, 0.25) is 0 Å². The third-order valence-corrected chi connectivity index (χ3v) is 3.48. The molecule has 1 heteroatoms. The predicted molar refractivity (Wildman–Crippen MR) is 112 cm³/mol. The summed E-state index contributed by atoms with van der Waals surface area (Å²) in [5.41, 5.74) is 4.45. The van der Waals surface area contributed by atoms with E-state index in [9.17, 15) is 5.11 Å². The highest BCUT2D eigenvalue weighted by molar-refractivity contribution is 5.85. The van der Waals surface area contributed by atoms with E-state index in [1.807, 2.05) is 19.9 Å². The van der Waals surface area contributed by atoms with Crippen LogP contribution in [0.25, 0.3) is 10.8 Å². The lowest BCUT2D eigenvalue weighted by atomic mass is 9.94. The molecule has 0 unspecified atom stereocenters. The zero-order chi connectivity index (χ0) is 19.2. The highest BCUT2D eigenvalue weighted by atomic mass is 16.3. The summed E-state index contributed by atoms with van der Waals surface area (Å²) in [6.45, 7) is 20.2. The first-order chi connectivity index (χ1) is 11.5. The van der Waals surface area contributed by atoms with Crippen LogP contribution in [0, 0.1) is 5.41 Å². The minimum absolute atomic E-state index is 0.0928. The molecule has 0 atom stereocenters. The number of hydrogen-bond donors (Lipinski definition) is 1. The van der Waals surface area contributed by atoms with E-state index in [-0.39, 0.29) is 5.76 Å². The summed E-state index contributed by atoms with van der Waals surface area (Å²) in [6, 6.07) is 14.7. The second-order valence-corrected chi connectivity index (χ2v) is 8.20. The summed E-state index contributed by atoms with van der Waals surface area (Å²) in [7, 11) is 0. The van der Waals surface area contributed by atoms with Crippen molar-refractivity contribution < 1.29 is 5.11 Å². The smallest absolute Gasteiger partial charge is 0.115 e. The molecule has 0 aliphatic heterocycles. The van der Waals surface area contributed by atoms with Gasteiger partial charge in [0.15, 0.2) is 0 Å². The molecule has 2 aromatic rings.